The molecule has 0 saturated carbocycles. The van der Waals surface area contributed by atoms with E-state index < -0.39 is 0 Å². The van der Waals surface area contributed by atoms with E-state index >= 15 is 0 Å². The van der Waals surface area contributed by atoms with Crippen LogP contribution in [0.1, 0.15) is 5.56 Å². The van der Waals surface area contributed by atoms with Crippen molar-refractivity contribution in [1.82, 2.24) is 0 Å². The van der Waals surface area contributed by atoms with Gasteiger partial charge in [0.2, 0.25) is 0 Å². The summed E-state index contributed by atoms with van der Waals surface area (Å²) in [5.41, 5.74) is 6.38. The Bertz CT molecular complexity index is 276. The minimum absolute atomic E-state index is 0.546. The molecular formula is C9H9BrClN. The lowest BCUT2D eigenvalue weighted by molar-refractivity contribution is 1.26. The van der Waals surface area contributed by atoms with Gasteiger partial charge in [-0.3, -0.25) is 0 Å². The third kappa shape index (κ3) is 2.97. The summed E-state index contributed by atoms with van der Waals surface area (Å²) >= 11 is 9.19. The molecule has 0 bridgehead atoms. The molecule has 64 valence electrons. The molecule has 0 unspecified atom stereocenters. The summed E-state index contributed by atoms with van der Waals surface area (Å²) in [5.74, 6) is 0. The van der Waals surface area contributed by atoms with Crippen LogP contribution in [0.4, 0.5) is 0 Å². The third-order valence-electron chi connectivity index (χ3n) is 1.33. The fourth-order valence-electron chi connectivity index (χ4n) is 0.876. The normalized spacial score (nSPS) is 10.9. The van der Waals surface area contributed by atoms with Crippen molar-refractivity contribution >= 4 is 33.6 Å². The second-order valence-electron chi connectivity index (χ2n) is 2.34. The number of benzene rings is 1. The summed E-state index contributed by atoms with van der Waals surface area (Å²) in [5, 5.41) is 0.723. The van der Waals surface area contributed by atoms with Crippen LogP contribution in [-0.4, -0.2) is 6.54 Å². The van der Waals surface area contributed by atoms with Gasteiger partial charge < -0.3 is 5.73 Å². The minimum atomic E-state index is 0.546. The maximum Gasteiger partial charge on any atom is 0.0423 e. The Kier molecular flexibility index (Phi) is 3.79. The van der Waals surface area contributed by atoms with Gasteiger partial charge in [0.1, 0.15) is 0 Å². The molecule has 1 rings (SSSR count). The average molecular weight is 247 g/mol. The van der Waals surface area contributed by atoms with Gasteiger partial charge in [0.05, 0.1) is 0 Å². The highest BCUT2D eigenvalue weighted by Gasteiger charge is 1.93. The lowest BCUT2D eigenvalue weighted by Crippen LogP contribution is -1.91. The van der Waals surface area contributed by atoms with E-state index in [0.29, 0.717) is 6.54 Å². The molecule has 1 nitrogen and oxygen atoms in total. The molecule has 0 atom stereocenters. The smallest absolute Gasteiger partial charge is 0.0423 e. The Labute approximate surface area is 85.3 Å². The van der Waals surface area contributed by atoms with E-state index in [-0.39, 0.29) is 0 Å². The molecule has 0 aromatic heterocycles. The highest BCUT2D eigenvalue weighted by atomic mass is 79.9. The summed E-state index contributed by atoms with van der Waals surface area (Å²) in [4.78, 5) is 0. The molecule has 2 N–H and O–H groups in total. The van der Waals surface area contributed by atoms with E-state index in [9.17, 15) is 0 Å². The Hall–Kier alpha value is -0.310. The van der Waals surface area contributed by atoms with Crippen molar-refractivity contribution in [2.75, 3.05) is 6.54 Å². The molecule has 0 radical (unpaired) electrons. The number of nitrogens with two attached hydrogens (primary N) is 1. The van der Waals surface area contributed by atoms with Gasteiger partial charge in [-0.2, -0.15) is 0 Å². The van der Waals surface area contributed by atoms with Crippen LogP contribution < -0.4 is 5.73 Å². The predicted octanol–water partition coefficient (Wildman–Crippen LogP) is 3.07. The first kappa shape index (κ1) is 9.78. The topological polar surface area (TPSA) is 26.0 Å². The number of hydrogen-bond donors (Lipinski definition) is 1. The molecule has 0 heterocycles. The van der Waals surface area contributed by atoms with Gasteiger partial charge in [-0.25, -0.2) is 0 Å². The molecule has 1 aromatic rings. The van der Waals surface area contributed by atoms with E-state index in [0.717, 1.165) is 15.1 Å². The van der Waals surface area contributed by atoms with E-state index in [4.69, 9.17) is 17.3 Å². The molecule has 0 spiro atoms. The summed E-state index contributed by atoms with van der Waals surface area (Å²) in [6.07, 6.45) is 3.83. The van der Waals surface area contributed by atoms with E-state index in [1.807, 2.05) is 30.4 Å². The monoisotopic (exact) mass is 245 g/mol. The average Bonchev–Trinajstić information content (AvgIpc) is 1.99. The van der Waals surface area contributed by atoms with Crippen molar-refractivity contribution in [3.05, 3.63) is 39.3 Å². The van der Waals surface area contributed by atoms with Gasteiger partial charge >= 0.3 is 0 Å². The van der Waals surface area contributed by atoms with Crippen LogP contribution in [0.25, 0.3) is 6.08 Å². The molecule has 0 amide bonds. The first-order valence-electron chi connectivity index (χ1n) is 3.55. The molecular weight excluding hydrogens is 237 g/mol. The lowest BCUT2D eigenvalue weighted by atomic mass is 10.2. The Morgan fingerprint density at radius 3 is 2.75 bits per heavy atom. The fraction of sp³-hybridized carbons (Fsp3) is 0.111. The van der Waals surface area contributed by atoms with Gasteiger partial charge in [0, 0.05) is 16.0 Å². The quantitative estimate of drug-likeness (QED) is 0.853. The van der Waals surface area contributed by atoms with Gasteiger partial charge in [-0.1, -0.05) is 39.7 Å². The molecule has 0 fully saturated rings. The Morgan fingerprint density at radius 2 is 2.17 bits per heavy atom. The van der Waals surface area contributed by atoms with Crippen molar-refractivity contribution in [3.63, 3.8) is 0 Å². The summed E-state index contributed by atoms with van der Waals surface area (Å²) in [7, 11) is 0. The van der Waals surface area contributed by atoms with Gasteiger partial charge in [-0.15, -0.1) is 0 Å². The van der Waals surface area contributed by atoms with Crippen LogP contribution in [-0.2, 0) is 0 Å². The highest BCUT2D eigenvalue weighted by Crippen LogP contribution is 2.20. The first-order valence-corrected chi connectivity index (χ1v) is 4.72. The van der Waals surface area contributed by atoms with Crippen LogP contribution in [0.2, 0.25) is 5.02 Å². The number of hydrogen-bond acceptors (Lipinski definition) is 1. The highest BCUT2D eigenvalue weighted by molar-refractivity contribution is 9.10. The number of rotatable bonds is 2. The van der Waals surface area contributed by atoms with Crippen LogP contribution in [0.5, 0.6) is 0 Å². The standard InChI is InChI=1S/C9H9BrClN/c10-8-4-7(2-1-3-12)5-9(11)6-8/h1-2,4-6H,3,12H2/b2-1+. The van der Waals surface area contributed by atoms with E-state index in [1.54, 1.807) is 0 Å². The SMILES string of the molecule is NC/C=C/c1cc(Cl)cc(Br)c1. The molecule has 0 aliphatic carbocycles. The van der Waals surface area contributed by atoms with Crippen LogP contribution in [0, 0.1) is 0 Å². The molecule has 0 saturated heterocycles. The van der Waals surface area contributed by atoms with Crippen LogP contribution in [0.15, 0.2) is 28.7 Å². The predicted molar refractivity (Wildman–Crippen MR) is 57.2 cm³/mol. The maximum absolute atomic E-state index is 5.83. The van der Waals surface area contributed by atoms with Crippen molar-refractivity contribution < 1.29 is 0 Å². The molecule has 0 aliphatic heterocycles. The number of halogens is 2. The zero-order chi connectivity index (χ0) is 8.97. The molecule has 3 heteroatoms. The summed E-state index contributed by atoms with van der Waals surface area (Å²) in [6, 6.07) is 5.72. The fourth-order valence-corrected chi connectivity index (χ4v) is 1.76. The third-order valence-corrected chi connectivity index (χ3v) is 2.01. The first-order chi connectivity index (χ1) is 5.72. The maximum atomic E-state index is 5.83. The van der Waals surface area contributed by atoms with E-state index in [1.165, 1.54) is 0 Å². The van der Waals surface area contributed by atoms with Gasteiger partial charge in [0.25, 0.3) is 0 Å². The lowest BCUT2D eigenvalue weighted by Gasteiger charge is -1.96. The van der Waals surface area contributed by atoms with Crippen molar-refractivity contribution in [2.45, 2.75) is 0 Å². The zero-order valence-corrected chi connectivity index (χ0v) is 8.77. The van der Waals surface area contributed by atoms with Crippen LogP contribution >= 0.6 is 27.5 Å². The van der Waals surface area contributed by atoms with E-state index in [2.05, 4.69) is 15.9 Å². The molecule has 1 aromatic carbocycles. The Morgan fingerprint density at radius 1 is 1.42 bits per heavy atom. The largest absolute Gasteiger partial charge is 0.327 e. The zero-order valence-electron chi connectivity index (χ0n) is 6.43. The van der Waals surface area contributed by atoms with Gasteiger partial charge in [0.15, 0.2) is 0 Å². The molecule has 0 aliphatic rings. The second-order valence-corrected chi connectivity index (χ2v) is 3.69. The summed E-state index contributed by atoms with van der Waals surface area (Å²) in [6.45, 7) is 0.546. The van der Waals surface area contributed by atoms with Crippen molar-refractivity contribution in [2.24, 2.45) is 5.73 Å². The molecule has 12 heavy (non-hydrogen) atoms. The second kappa shape index (κ2) is 4.65. The van der Waals surface area contributed by atoms with Crippen molar-refractivity contribution in [3.8, 4) is 0 Å². The minimum Gasteiger partial charge on any atom is -0.327 e. The Balaban J connectivity index is 2.93. The van der Waals surface area contributed by atoms with Crippen LogP contribution in [0.3, 0.4) is 0 Å². The summed E-state index contributed by atoms with van der Waals surface area (Å²) < 4.78 is 0.978. The van der Waals surface area contributed by atoms with Gasteiger partial charge in [-0.05, 0) is 23.8 Å². The van der Waals surface area contributed by atoms with Crippen molar-refractivity contribution in [1.29, 1.82) is 0 Å².